The highest BCUT2D eigenvalue weighted by Gasteiger charge is 2.35. The molecule has 180 valence electrons. The molecular formula is C26H26N4O3S2. The molecule has 0 saturated carbocycles. The zero-order chi connectivity index (χ0) is 24.8. The van der Waals surface area contributed by atoms with Gasteiger partial charge >= 0.3 is 0 Å². The molecule has 1 aromatic heterocycles. The summed E-state index contributed by atoms with van der Waals surface area (Å²) >= 11 is 2.64. The predicted octanol–water partition coefficient (Wildman–Crippen LogP) is 4.50. The fraction of sp³-hybridized carbons (Fsp3) is 0.231. The fourth-order valence-corrected chi connectivity index (χ4v) is 5.57. The second-order valence-corrected chi connectivity index (χ2v) is 10.4. The van der Waals surface area contributed by atoms with Crippen molar-refractivity contribution in [3.63, 3.8) is 0 Å². The summed E-state index contributed by atoms with van der Waals surface area (Å²) in [6, 6.07) is 17.3. The number of thioether (sulfide) groups is 1. The number of nitrogens with zero attached hydrogens (tertiary/aromatic N) is 2. The zero-order valence-corrected chi connectivity index (χ0v) is 21.0. The number of anilines is 2. The minimum atomic E-state index is -0.463. The van der Waals surface area contributed by atoms with Gasteiger partial charge in [-0.3, -0.25) is 14.4 Å². The van der Waals surface area contributed by atoms with Gasteiger partial charge in [-0.1, -0.05) is 77.2 Å². The van der Waals surface area contributed by atoms with Crippen molar-refractivity contribution in [1.82, 2.24) is 10.3 Å². The topological polar surface area (TPSA) is 91.4 Å². The number of hydrogen-bond donors (Lipinski definition) is 2. The van der Waals surface area contributed by atoms with Crippen LogP contribution in [0.3, 0.4) is 0 Å². The number of benzene rings is 2. The molecule has 3 aromatic rings. The summed E-state index contributed by atoms with van der Waals surface area (Å²) in [6.45, 7) is 6.33. The van der Waals surface area contributed by atoms with Crippen LogP contribution < -0.4 is 15.5 Å². The Morgan fingerprint density at radius 1 is 1.20 bits per heavy atom. The van der Waals surface area contributed by atoms with Crippen molar-refractivity contribution in [3.05, 3.63) is 72.8 Å². The van der Waals surface area contributed by atoms with E-state index in [1.807, 2.05) is 61.5 Å². The fourth-order valence-electron chi connectivity index (χ4n) is 3.67. The Kier molecular flexibility index (Phi) is 7.99. The largest absolute Gasteiger partial charge is 0.352 e. The van der Waals surface area contributed by atoms with E-state index in [4.69, 9.17) is 0 Å². The summed E-state index contributed by atoms with van der Waals surface area (Å²) < 4.78 is 0.677. The van der Waals surface area contributed by atoms with Gasteiger partial charge in [0, 0.05) is 30.8 Å². The summed E-state index contributed by atoms with van der Waals surface area (Å²) in [5, 5.41) is 6.36. The Hall–Kier alpha value is -3.43. The Bertz CT molecular complexity index is 1230. The first-order valence-corrected chi connectivity index (χ1v) is 13.0. The molecule has 1 saturated heterocycles. The highest BCUT2D eigenvalue weighted by Crippen LogP contribution is 2.38. The summed E-state index contributed by atoms with van der Waals surface area (Å²) in [7, 11) is 0. The summed E-state index contributed by atoms with van der Waals surface area (Å²) in [4.78, 5) is 44.1. The van der Waals surface area contributed by atoms with Gasteiger partial charge in [-0.05, 0) is 19.1 Å². The molecule has 0 radical (unpaired) electrons. The molecule has 1 atom stereocenters. The van der Waals surface area contributed by atoms with Crippen molar-refractivity contribution in [2.24, 2.45) is 5.92 Å². The number of amides is 3. The number of nitrogens with one attached hydrogen (secondary N) is 2. The van der Waals surface area contributed by atoms with Crippen molar-refractivity contribution < 1.29 is 14.4 Å². The molecule has 2 aromatic carbocycles. The number of aromatic nitrogens is 1. The molecule has 1 aliphatic heterocycles. The third kappa shape index (κ3) is 6.17. The predicted molar refractivity (Wildman–Crippen MR) is 142 cm³/mol. The normalized spacial score (nSPS) is 15.2. The standard InChI is InChI=1S/C26H26N4O3S2/c1-3-13-27-21(31)16-34-26-28-23(18-7-5-4-6-8-18)25(35-26)29-24(33)19-14-22(32)30(15-19)20-11-9-17(2)10-12-20/h3-12,19H,1,13-16H2,2H3,(H,27,31)(H,29,33). The Balaban J connectivity index is 1.49. The van der Waals surface area contributed by atoms with Crippen LogP contribution >= 0.6 is 23.1 Å². The smallest absolute Gasteiger partial charge is 0.230 e. The number of carbonyl (C=O) groups excluding carboxylic acids is 3. The SMILES string of the molecule is C=CCNC(=O)CSc1nc(-c2ccccc2)c(NC(=O)C2CC(=O)N(c3ccc(C)cc3)C2)s1. The maximum Gasteiger partial charge on any atom is 0.230 e. The number of thiazole rings is 1. The van der Waals surface area contributed by atoms with E-state index < -0.39 is 5.92 Å². The van der Waals surface area contributed by atoms with Crippen molar-refractivity contribution in [3.8, 4) is 11.3 Å². The van der Waals surface area contributed by atoms with E-state index in [0.29, 0.717) is 28.1 Å². The molecule has 2 N–H and O–H groups in total. The monoisotopic (exact) mass is 506 g/mol. The van der Waals surface area contributed by atoms with Gasteiger partial charge in [-0.25, -0.2) is 4.98 Å². The highest BCUT2D eigenvalue weighted by atomic mass is 32.2. The Labute approximate surface area is 212 Å². The minimum Gasteiger partial charge on any atom is -0.352 e. The van der Waals surface area contributed by atoms with Crippen LogP contribution in [-0.2, 0) is 14.4 Å². The quantitative estimate of drug-likeness (QED) is 0.329. The van der Waals surface area contributed by atoms with Gasteiger partial charge in [-0.2, -0.15) is 0 Å². The number of rotatable bonds is 9. The van der Waals surface area contributed by atoms with E-state index in [9.17, 15) is 14.4 Å². The first-order chi connectivity index (χ1) is 16.9. The second kappa shape index (κ2) is 11.3. The number of aryl methyl sites for hydroxylation is 1. The molecule has 9 heteroatoms. The third-order valence-corrected chi connectivity index (χ3v) is 7.62. The second-order valence-electron chi connectivity index (χ2n) is 8.14. The van der Waals surface area contributed by atoms with Crippen molar-refractivity contribution >= 4 is 51.5 Å². The van der Waals surface area contributed by atoms with E-state index in [1.165, 1.54) is 23.1 Å². The zero-order valence-electron chi connectivity index (χ0n) is 19.3. The van der Waals surface area contributed by atoms with Crippen molar-refractivity contribution in [2.75, 3.05) is 29.1 Å². The van der Waals surface area contributed by atoms with E-state index in [1.54, 1.807) is 11.0 Å². The lowest BCUT2D eigenvalue weighted by molar-refractivity contribution is -0.122. The molecule has 0 spiro atoms. The summed E-state index contributed by atoms with van der Waals surface area (Å²) in [5.74, 6) is -0.642. The molecule has 3 amide bonds. The molecular weight excluding hydrogens is 480 g/mol. The lowest BCUT2D eigenvalue weighted by atomic mass is 10.1. The summed E-state index contributed by atoms with van der Waals surface area (Å²) in [6.07, 6.45) is 1.78. The lowest BCUT2D eigenvalue weighted by Crippen LogP contribution is -2.28. The van der Waals surface area contributed by atoms with Crippen LogP contribution in [0.5, 0.6) is 0 Å². The third-order valence-electron chi connectivity index (χ3n) is 5.50. The molecule has 1 fully saturated rings. The van der Waals surface area contributed by atoms with Gasteiger partial charge in [0.05, 0.1) is 11.7 Å². The molecule has 2 heterocycles. The molecule has 7 nitrogen and oxygen atoms in total. The van der Waals surface area contributed by atoms with Gasteiger partial charge in [-0.15, -0.1) is 6.58 Å². The first kappa shape index (κ1) is 24.7. The van der Waals surface area contributed by atoms with Crippen molar-refractivity contribution in [2.45, 2.75) is 17.7 Å². The van der Waals surface area contributed by atoms with Crippen LogP contribution in [0.1, 0.15) is 12.0 Å². The molecule has 4 rings (SSSR count). The first-order valence-electron chi connectivity index (χ1n) is 11.2. The Morgan fingerprint density at radius 3 is 2.66 bits per heavy atom. The van der Waals surface area contributed by atoms with Gasteiger partial charge in [0.15, 0.2) is 4.34 Å². The molecule has 1 aliphatic rings. The maximum atomic E-state index is 13.2. The van der Waals surface area contributed by atoms with Crippen LogP contribution in [0.15, 0.2) is 71.6 Å². The van der Waals surface area contributed by atoms with Gasteiger partial charge < -0.3 is 15.5 Å². The number of carbonyl (C=O) groups is 3. The summed E-state index contributed by atoms with van der Waals surface area (Å²) in [5.41, 5.74) is 3.43. The van der Waals surface area contributed by atoms with Crippen molar-refractivity contribution in [1.29, 1.82) is 0 Å². The van der Waals surface area contributed by atoms with Crippen LogP contribution in [0, 0.1) is 12.8 Å². The Morgan fingerprint density at radius 2 is 1.94 bits per heavy atom. The van der Waals surface area contributed by atoms with E-state index in [0.717, 1.165) is 16.8 Å². The van der Waals surface area contributed by atoms with Gasteiger partial charge in [0.1, 0.15) is 10.7 Å². The van der Waals surface area contributed by atoms with E-state index in [2.05, 4.69) is 22.2 Å². The van der Waals surface area contributed by atoms with Crippen LogP contribution in [0.4, 0.5) is 10.7 Å². The van der Waals surface area contributed by atoms with Crippen LogP contribution in [0.2, 0.25) is 0 Å². The van der Waals surface area contributed by atoms with E-state index >= 15 is 0 Å². The van der Waals surface area contributed by atoms with Crippen LogP contribution in [0.25, 0.3) is 11.3 Å². The molecule has 0 aliphatic carbocycles. The molecule has 1 unspecified atom stereocenters. The molecule has 0 bridgehead atoms. The molecule has 35 heavy (non-hydrogen) atoms. The number of hydrogen-bond acceptors (Lipinski definition) is 6. The average molecular weight is 507 g/mol. The maximum absolute atomic E-state index is 13.2. The van der Waals surface area contributed by atoms with E-state index in [-0.39, 0.29) is 29.9 Å². The van der Waals surface area contributed by atoms with Gasteiger partial charge in [0.2, 0.25) is 17.7 Å². The minimum absolute atomic E-state index is 0.0663. The van der Waals surface area contributed by atoms with Crippen LogP contribution in [-0.4, -0.2) is 41.5 Å². The van der Waals surface area contributed by atoms with Gasteiger partial charge in [0.25, 0.3) is 0 Å². The lowest BCUT2D eigenvalue weighted by Gasteiger charge is -2.17. The highest BCUT2D eigenvalue weighted by molar-refractivity contribution is 8.01. The average Bonchev–Trinajstić information content (AvgIpc) is 3.46.